The second kappa shape index (κ2) is 6.77. The average Bonchev–Trinajstić information content (AvgIpc) is 2.67. The first-order chi connectivity index (χ1) is 9.84. The van der Waals surface area contributed by atoms with Crippen molar-refractivity contribution in [3.63, 3.8) is 0 Å². The lowest BCUT2D eigenvalue weighted by molar-refractivity contribution is -0.122. The smallest absolute Gasteiger partial charge is 0.234 e. The van der Waals surface area contributed by atoms with Crippen LogP contribution < -0.4 is 5.32 Å². The van der Waals surface area contributed by atoms with Gasteiger partial charge in [-0.2, -0.15) is 0 Å². The van der Waals surface area contributed by atoms with E-state index in [2.05, 4.69) is 5.32 Å². The fourth-order valence-corrected chi connectivity index (χ4v) is 4.32. The standard InChI is InChI=1S/C14H19ClN2O3S/c1-17(8-11-3-2-4-12(15)7-11)9-14(18)16-13-5-6-21(19,20)10-13/h2-4,7,13H,5-6,8-10H2,1H3,(H,16,18)/t13-/m0/s1. The van der Waals surface area contributed by atoms with Crippen molar-refractivity contribution in [1.29, 1.82) is 0 Å². The molecule has 0 spiro atoms. The predicted octanol–water partition coefficient (Wildman–Crippen LogP) is 1.08. The summed E-state index contributed by atoms with van der Waals surface area (Å²) in [5.41, 5.74) is 1.03. The van der Waals surface area contributed by atoms with E-state index in [1.165, 1.54) is 0 Å². The maximum atomic E-state index is 11.9. The molecule has 1 aromatic rings. The first kappa shape index (κ1) is 16.3. The number of carbonyl (C=O) groups is 1. The van der Waals surface area contributed by atoms with E-state index in [1.807, 2.05) is 30.1 Å². The quantitative estimate of drug-likeness (QED) is 0.877. The Bertz CT molecular complexity index is 618. The molecule has 0 aliphatic carbocycles. The molecule has 0 saturated carbocycles. The van der Waals surface area contributed by atoms with Crippen molar-refractivity contribution in [2.75, 3.05) is 25.1 Å². The molecule has 1 amide bonds. The summed E-state index contributed by atoms with van der Waals surface area (Å²) in [6.07, 6.45) is 0.506. The van der Waals surface area contributed by atoms with Crippen molar-refractivity contribution in [1.82, 2.24) is 10.2 Å². The van der Waals surface area contributed by atoms with Gasteiger partial charge < -0.3 is 5.32 Å². The van der Waals surface area contributed by atoms with E-state index in [-0.39, 0.29) is 30.0 Å². The summed E-state index contributed by atoms with van der Waals surface area (Å²) in [7, 11) is -1.13. The van der Waals surface area contributed by atoms with Crippen molar-refractivity contribution >= 4 is 27.3 Å². The molecular weight excluding hydrogens is 312 g/mol. The van der Waals surface area contributed by atoms with Crippen LogP contribution in [0.25, 0.3) is 0 Å². The topological polar surface area (TPSA) is 66.5 Å². The second-order valence-corrected chi connectivity index (χ2v) is 8.13. The molecule has 1 fully saturated rings. The number of nitrogens with zero attached hydrogens (tertiary/aromatic N) is 1. The van der Waals surface area contributed by atoms with E-state index >= 15 is 0 Å². The fourth-order valence-electron chi connectivity index (χ4n) is 2.43. The molecule has 0 radical (unpaired) electrons. The minimum Gasteiger partial charge on any atom is -0.351 e. The van der Waals surface area contributed by atoms with Crippen LogP contribution in [0.5, 0.6) is 0 Å². The highest BCUT2D eigenvalue weighted by Crippen LogP contribution is 2.13. The number of halogens is 1. The van der Waals surface area contributed by atoms with Gasteiger partial charge in [0, 0.05) is 17.6 Å². The molecule has 1 N–H and O–H groups in total. The van der Waals surface area contributed by atoms with Crippen LogP contribution >= 0.6 is 11.6 Å². The number of hydrogen-bond acceptors (Lipinski definition) is 4. The monoisotopic (exact) mass is 330 g/mol. The summed E-state index contributed by atoms with van der Waals surface area (Å²) >= 11 is 5.92. The Labute approximate surface area is 130 Å². The van der Waals surface area contributed by atoms with Crippen LogP contribution in [0.3, 0.4) is 0 Å². The number of amides is 1. The highest BCUT2D eigenvalue weighted by atomic mass is 35.5. The van der Waals surface area contributed by atoms with E-state index in [0.29, 0.717) is 18.0 Å². The van der Waals surface area contributed by atoms with Gasteiger partial charge in [0.2, 0.25) is 5.91 Å². The second-order valence-electron chi connectivity index (χ2n) is 5.47. The molecule has 0 aromatic heterocycles. The first-order valence-electron chi connectivity index (χ1n) is 6.77. The van der Waals surface area contributed by atoms with Gasteiger partial charge in [-0.3, -0.25) is 9.69 Å². The van der Waals surface area contributed by atoms with Gasteiger partial charge in [-0.1, -0.05) is 23.7 Å². The molecule has 1 aliphatic rings. The average molecular weight is 331 g/mol. The zero-order valence-corrected chi connectivity index (χ0v) is 13.5. The largest absolute Gasteiger partial charge is 0.351 e. The van der Waals surface area contributed by atoms with Gasteiger partial charge in [0.15, 0.2) is 9.84 Å². The minimum absolute atomic E-state index is 0.0523. The summed E-state index contributed by atoms with van der Waals surface area (Å²) in [4.78, 5) is 13.8. The van der Waals surface area contributed by atoms with Gasteiger partial charge in [-0.05, 0) is 31.2 Å². The van der Waals surface area contributed by atoms with E-state index < -0.39 is 9.84 Å². The van der Waals surface area contributed by atoms with Crippen LogP contribution in [0.1, 0.15) is 12.0 Å². The Kier molecular flexibility index (Phi) is 5.24. The van der Waals surface area contributed by atoms with Crippen LogP contribution in [-0.4, -0.2) is 50.4 Å². The lowest BCUT2D eigenvalue weighted by atomic mass is 10.2. The molecule has 21 heavy (non-hydrogen) atoms. The molecule has 1 aliphatic heterocycles. The zero-order valence-electron chi connectivity index (χ0n) is 11.9. The molecule has 1 heterocycles. The Hall–Kier alpha value is -1.11. The van der Waals surface area contributed by atoms with Crippen LogP contribution in [0.15, 0.2) is 24.3 Å². The predicted molar refractivity (Wildman–Crippen MR) is 83.0 cm³/mol. The summed E-state index contributed by atoms with van der Waals surface area (Å²) < 4.78 is 22.7. The molecule has 0 unspecified atom stereocenters. The molecule has 2 rings (SSSR count). The van der Waals surface area contributed by atoms with Crippen molar-refractivity contribution in [3.05, 3.63) is 34.9 Å². The van der Waals surface area contributed by atoms with Crippen molar-refractivity contribution in [2.45, 2.75) is 19.0 Å². The number of rotatable bonds is 5. The van der Waals surface area contributed by atoms with Crippen molar-refractivity contribution < 1.29 is 13.2 Å². The van der Waals surface area contributed by atoms with Crippen molar-refractivity contribution in [2.24, 2.45) is 0 Å². The van der Waals surface area contributed by atoms with Gasteiger partial charge in [0.05, 0.1) is 18.1 Å². The maximum Gasteiger partial charge on any atom is 0.234 e. The molecule has 5 nitrogen and oxygen atoms in total. The summed E-state index contributed by atoms with van der Waals surface area (Å²) in [5.74, 6) is 0.0641. The number of hydrogen-bond donors (Lipinski definition) is 1. The van der Waals surface area contributed by atoms with Crippen LogP contribution in [0.4, 0.5) is 0 Å². The van der Waals surface area contributed by atoms with Gasteiger partial charge in [0.25, 0.3) is 0 Å². The van der Waals surface area contributed by atoms with E-state index in [0.717, 1.165) is 5.56 Å². The Morgan fingerprint density at radius 3 is 2.86 bits per heavy atom. The van der Waals surface area contributed by atoms with Gasteiger partial charge in [0.1, 0.15) is 0 Å². The van der Waals surface area contributed by atoms with Gasteiger partial charge >= 0.3 is 0 Å². The van der Waals surface area contributed by atoms with Crippen LogP contribution in [-0.2, 0) is 21.2 Å². The van der Waals surface area contributed by atoms with Crippen LogP contribution in [0, 0.1) is 0 Å². The molecule has 1 saturated heterocycles. The Morgan fingerprint density at radius 2 is 2.24 bits per heavy atom. The number of sulfone groups is 1. The summed E-state index contributed by atoms with van der Waals surface area (Å²) in [6.45, 7) is 0.833. The normalized spacial score (nSPS) is 20.6. The number of nitrogens with one attached hydrogen (secondary N) is 1. The van der Waals surface area contributed by atoms with E-state index in [4.69, 9.17) is 11.6 Å². The Balaban J connectivity index is 1.80. The Morgan fingerprint density at radius 1 is 1.48 bits per heavy atom. The third kappa shape index (κ3) is 5.30. The summed E-state index contributed by atoms with van der Waals surface area (Å²) in [6, 6.07) is 7.23. The minimum atomic E-state index is -2.97. The number of carbonyl (C=O) groups excluding carboxylic acids is 1. The van der Waals surface area contributed by atoms with Crippen LogP contribution in [0.2, 0.25) is 5.02 Å². The maximum absolute atomic E-state index is 11.9. The molecular formula is C14H19ClN2O3S. The molecule has 0 bridgehead atoms. The SMILES string of the molecule is CN(CC(=O)N[C@H]1CCS(=O)(=O)C1)Cc1cccc(Cl)c1. The summed E-state index contributed by atoms with van der Waals surface area (Å²) in [5, 5.41) is 3.44. The lowest BCUT2D eigenvalue weighted by Gasteiger charge is -2.18. The molecule has 116 valence electrons. The van der Waals surface area contributed by atoms with E-state index in [9.17, 15) is 13.2 Å². The first-order valence-corrected chi connectivity index (χ1v) is 8.97. The van der Waals surface area contributed by atoms with Crippen molar-refractivity contribution in [3.8, 4) is 0 Å². The molecule has 1 aromatic carbocycles. The van der Waals surface area contributed by atoms with Gasteiger partial charge in [-0.25, -0.2) is 8.42 Å². The third-order valence-corrected chi connectivity index (χ3v) is 5.36. The van der Waals surface area contributed by atoms with Gasteiger partial charge in [-0.15, -0.1) is 0 Å². The molecule has 7 heteroatoms. The number of benzene rings is 1. The number of likely N-dealkylation sites (N-methyl/N-ethyl adjacent to an activating group) is 1. The highest BCUT2D eigenvalue weighted by molar-refractivity contribution is 7.91. The third-order valence-electron chi connectivity index (χ3n) is 3.35. The highest BCUT2D eigenvalue weighted by Gasteiger charge is 2.28. The fraction of sp³-hybridized carbons (Fsp3) is 0.500. The zero-order chi connectivity index (χ0) is 15.5. The molecule has 1 atom stereocenters. The van der Waals surface area contributed by atoms with E-state index in [1.54, 1.807) is 6.07 Å². The lowest BCUT2D eigenvalue weighted by Crippen LogP contribution is -2.41.